The van der Waals surface area contributed by atoms with Crippen LogP contribution in [0.2, 0.25) is 0 Å². The summed E-state index contributed by atoms with van der Waals surface area (Å²) in [6.07, 6.45) is -0.459. The molecule has 7 heteroatoms. The van der Waals surface area contributed by atoms with Crippen LogP contribution in [0.3, 0.4) is 0 Å². The number of rotatable bonds is 1. The normalized spacial score (nSPS) is 24.9. The van der Waals surface area contributed by atoms with Crippen molar-refractivity contribution in [1.82, 2.24) is 4.90 Å². The maximum absolute atomic E-state index is 12.7. The number of methoxy groups -OCH3 is 1. The van der Waals surface area contributed by atoms with Gasteiger partial charge in [-0.05, 0) is 38.8 Å². The highest BCUT2D eigenvalue weighted by Crippen LogP contribution is 2.46. The van der Waals surface area contributed by atoms with Gasteiger partial charge in [-0.25, -0.2) is 9.59 Å². The second-order valence-electron chi connectivity index (χ2n) is 7.43. The van der Waals surface area contributed by atoms with Crippen molar-refractivity contribution >= 4 is 23.7 Å². The summed E-state index contributed by atoms with van der Waals surface area (Å²) in [5.74, 6) is -0.770. The maximum Gasteiger partial charge on any atom is 0.411 e. The molecule has 2 heterocycles. The largest absolute Gasteiger partial charge is 0.467 e. The van der Waals surface area contributed by atoms with Crippen LogP contribution in [0.5, 0.6) is 0 Å². The number of likely N-dealkylation sites (tertiary alicyclic amines) is 1. The van der Waals surface area contributed by atoms with E-state index in [9.17, 15) is 14.4 Å². The number of fused-ring (bicyclic) bond motifs is 2. The number of para-hydroxylation sites is 1. The van der Waals surface area contributed by atoms with Crippen LogP contribution in [0.25, 0.3) is 0 Å². The van der Waals surface area contributed by atoms with Gasteiger partial charge in [-0.15, -0.1) is 0 Å². The number of ether oxygens (including phenoxy) is 2. The second kappa shape index (κ2) is 5.75. The Morgan fingerprint density at radius 2 is 1.96 bits per heavy atom. The third-order valence-electron chi connectivity index (χ3n) is 4.59. The maximum atomic E-state index is 12.7. The average molecular weight is 346 g/mol. The summed E-state index contributed by atoms with van der Waals surface area (Å²) in [5, 5.41) is 2.85. The number of nitrogens with zero attached hydrogens (tertiary/aromatic N) is 1. The van der Waals surface area contributed by atoms with Crippen LogP contribution in [0.1, 0.15) is 32.8 Å². The predicted octanol–water partition coefficient (Wildman–Crippen LogP) is 2.06. The van der Waals surface area contributed by atoms with Crippen LogP contribution in [-0.2, 0) is 24.5 Å². The molecule has 2 atom stereocenters. The highest BCUT2D eigenvalue weighted by Gasteiger charge is 2.58. The Kier molecular flexibility index (Phi) is 3.97. The van der Waals surface area contributed by atoms with E-state index in [2.05, 4.69) is 5.32 Å². The van der Waals surface area contributed by atoms with Gasteiger partial charge < -0.3 is 14.8 Å². The fraction of sp³-hybridized carbons (Fsp3) is 0.500. The van der Waals surface area contributed by atoms with Gasteiger partial charge in [0.1, 0.15) is 11.6 Å². The first-order valence-electron chi connectivity index (χ1n) is 8.16. The monoisotopic (exact) mass is 346 g/mol. The smallest absolute Gasteiger partial charge is 0.411 e. The Morgan fingerprint density at radius 3 is 2.60 bits per heavy atom. The van der Waals surface area contributed by atoms with Crippen LogP contribution >= 0.6 is 0 Å². The molecule has 2 aliphatic heterocycles. The number of benzene rings is 1. The number of carbonyl (C=O) groups excluding carboxylic acids is 3. The van der Waals surface area contributed by atoms with Gasteiger partial charge in [0, 0.05) is 12.2 Å². The molecule has 2 amide bonds. The van der Waals surface area contributed by atoms with Gasteiger partial charge in [0.05, 0.1) is 12.5 Å². The lowest BCUT2D eigenvalue weighted by atomic mass is 9.79. The first-order valence-corrected chi connectivity index (χ1v) is 8.16. The third-order valence-corrected chi connectivity index (χ3v) is 4.59. The summed E-state index contributed by atoms with van der Waals surface area (Å²) < 4.78 is 10.3. The van der Waals surface area contributed by atoms with Crippen molar-refractivity contribution in [2.75, 3.05) is 19.0 Å². The zero-order valence-electron chi connectivity index (χ0n) is 14.8. The van der Waals surface area contributed by atoms with E-state index in [1.165, 1.54) is 12.0 Å². The molecule has 2 unspecified atom stereocenters. The Labute approximate surface area is 146 Å². The number of esters is 1. The molecule has 1 N–H and O–H groups in total. The van der Waals surface area contributed by atoms with Crippen molar-refractivity contribution in [3.8, 4) is 0 Å². The number of hydrogen-bond acceptors (Lipinski definition) is 5. The first-order chi connectivity index (χ1) is 11.7. The molecule has 0 aromatic heterocycles. The molecule has 0 aliphatic carbocycles. The Morgan fingerprint density at radius 1 is 1.28 bits per heavy atom. The second-order valence-corrected chi connectivity index (χ2v) is 7.43. The molecule has 3 rings (SSSR count). The lowest BCUT2D eigenvalue weighted by Gasteiger charge is -2.27. The summed E-state index contributed by atoms with van der Waals surface area (Å²) in [7, 11) is 1.27. The molecule has 7 nitrogen and oxygen atoms in total. The van der Waals surface area contributed by atoms with E-state index >= 15 is 0 Å². The molecule has 25 heavy (non-hydrogen) atoms. The summed E-state index contributed by atoms with van der Waals surface area (Å²) in [6, 6.07) is 6.46. The molecular formula is C18H22N2O5. The molecule has 2 aliphatic rings. The number of amides is 2. The van der Waals surface area contributed by atoms with E-state index in [4.69, 9.17) is 9.47 Å². The van der Waals surface area contributed by atoms with Gasteiger partial charge in [0.15, 0.2) is 0 Å². The quantitative estimate of drug-likeness (QED) is 0.787. The van der Waals surface area contributed by atoms with Gasteiger partial charge in [-0.1, -0.05) is 18.2 Å². The fourth-order valence-corrected chi connectivity index (χ4v) is 3.50. The van der Waals surface area contributed by atoms with Crippen LogP contribution in [0.15, 0.2) is 24.3 Å². The lowest BCUT2D eigenvalue weighted by molar-refractivity contribution is -0.145. The standard InChI is InChI=1S/C18H22N2O5/c1-17(2,3)25-16(23)20-10-18(9-13(20)14(21)24-4)11-7-5-6-8-12(11)19-15(18)22/h5-8,13H,9-10H2,1-4H3,(H,19,22). The van der Waals surface area contributed by atoms with E-state index in [1.54, 1.807) is 20.8 Å². The van der Waals surface area contributed by atoms with Gasteiger partial charge >= 0.3 is 12.1 Å². The van der Waals surface area contributed by atoms with Gasteiger partial charge in [-0.2, -0.15) is 0 Å². The van der Waals surface area contributed by atoms with Crippen molar-refractivity contribution in [3.63, 3.8) is 0 Å². The number of carbonyl (C=O) groups is 3. The van der Waals surface area contributed by atoms with E-state index in [-0.39, 0.29) is 18.9 Å². The molecule has 1 aromatic carbocycles. The third kappa shape index (κ3) is 2.83. The Balaban J connectivity index is 1.99. The van der Waals surface area contributed by atoms with Crippen LogP contribution in [-0.4, -0.2) is 48.2 Å². The fourth-order valence-electron chi connectivity index (χ4n) is 3.50. The molecule has 1 saturated heterocycles. The van der Waals surface area contributed by atoms with Crippen LogP contribution < -0.4 is 5.32 Å². The van der Waals surface area contributed by atoms with E-state index in [1.807, 2.05) is 24.3 Å². The SMILES string of the molecule is COC(=O)C1CC2(CN1C(=O)OC(C)(C)C)C(=O)Nc1ccccc12. The molecular weight excluding hydrogens is 324 g/mol. The highest BCUT2D eigenvalue weighted by atomic mass is 16.6. The summed E-state index contributed by atoms with van der Waals surface area (Å²) in [5.41, 5.74) is -0.169. The number of hydrogen-bond donors (Lipinski definition) is 1. The minimum Gasteiger partial charge on any atom is -0.467 e. The first kappa shape index (κ1) is 17.3. The molecule has 1 fully saturated rings. The molecule has 0 radical (unpaired) electrons. The van der Waals surface area contributed by atoms with Crippen molar-refractivity contribution in [1.29, 1.82) is 0 Å². The van der Waals surface area contributed by atoms with E-state index < -0.39 is 29.1 Å². The summed E-state index contributed by atoms with van der Waals surface area (Å²) in [4.78, 5) is 38.9. The average Bonchev–Trinajstić information content (AvgIpc) is 3.06. The van der Waals surface area contributed by atoms with Crippen molar-refractivity contribution in [3.05, 3.63) is 29.8 Å². The van der Waals surface area contributed by atoms with E-state index in [0.29, 0.717) is 5.69 Å². The van der Waals surface area contributed by atoms with E-state index in [0.717, 1.165) is 5.56 Å². The van der Waals surface area contributed by atoms with Gasteiger partial charge in [0.25, 0.3) is 0 Å². The molecule has 1 spiro atoms. The van der Waals surface area contributed by atoms with Crippen LogP contribution in [0, 0.1) is 0 Å². The summed E-state index contributed by atoms with van der Waals surface area (Å²) in [6.45, 7) is 5.33. The van der Waals surface area contributed by atoms with Gasteiger partial charge in [-0.3, -0.25) is 9.69 Å². The molecule has 1 aromatic rings. The summed E-state index contributed by atoms with van der Waals surface area (Å²) >= 11 is 0. The predicted molar refractivity (Wildman–Crippen MR) is 90.1 cm³/mol. The zero-order valence-corrected chi connectivity index (χ0v) is 14.8. The highest BCUT2D eigenvalue weighted by molar-refractivity contribution is 6.07. The number of nitrogens with one attached hydrogen (secondary N) is 1. The molecule has 134 valence electrons. The lowest BCUT2D eigenvalue weighted by Crippen LogP contribution is -2.44. The topological polar surface area (TPSA) is 84.9 Å². The minimum absolute atomic E-state index is 0.0739. The van der Waals surface area contributed by atoms with Gasteiger partial charge in [0.2, 0.25) is 5.91 Å². The van der Waals surface area contributed by atoms with Crippen molar-refractivity contribution in [2.45, 2.75) is 44.2 Å². The van der Waals surface area contributed by atoms with Crippen molar-refractivity contribution < 1.29 is 23.9 Å². The number of anilines is 1. The van der Waals surface area contributed by atoms with Crippen molar-refractivity contribution in [2.24, 2.45) is 0 Å². The molecule has 0 bridgehead atoms. The molecule has 0 saturated carbocycles. The zero-order chi connectivity index (χ0) is 18.4. The Bertz CT molecular complexity index is 739. The van der Waals surface area contributed by atoms with Crippen LogP contribution in [0.4, 0.5) is 10.5 Å². The Hall–Kier alpha value is -2.57. The minimum atomic E-state index is -0.966.